The molecular formula is C16H13NO4S. The Bertz CT molecular complexity index is 917. The maximum absolute atomic E-state index is 12.5. The van der Waals surface area contributed by atoms with E-state index in [1.165, 1.54) is 13.2 Å². The molecule has 112 valence electrons. The van der Waals surface area contributed by atoms with Gasteiger partial charge in [0.05, 0.1) is 7.11 Å². The predicted molar refractivity (Wildman–Crippen MR) is 82.6 cm³/mol. The first-order valence-electron chi connectivity index (χ1n) is 6.53. The lowest BCUT2D eigenvalue weighted by atomic mass is 10.2. The molecule has 22 heavy (non-hydrogen) atoms. The minimum absolute atomic E-state index is 0.0227. The molecule has 6 heteroatoms. The van der Waals surface area contributed by atoms with Gasteiger partial charge in [0.1, 0.15) is 16.2 Å². The molecule has 0 radical (unpaired) electrons. The van der Waals surface area contributed by atoms with Gasteiger partial charge >= 0.3 is 10.1 Å². The largest absolute Gasteiger partial charge is 0.495 e. The third-order valence-corrected chi connectivity index (χ3v) is 4.41. The smallest absolute Gasteiger partial charge is 0.343 e. The number of para-hydroxylation sites is 2. The van der Waals surface area contributed by atoms with E-state index >= 15 is 0 Å². The highest BCUT2D eigenvalue weighted by atomic mass is 32.2. The van der Waals surface area contributed by atoms with E-state index in [0.717, 1.165) is 5.39 Å². The second-order valence-corrected chi connectivity index (χ2v) is 6.03. The van der Waals surface area contributed by atoms with Gasteiger partial charge in [-0.1, -0.05) is 30.3 Å². The van der Waals surface area contributed by atoms with E-state index in [1.54, 1.807) is 42.6 Å². The first kappa shape index (κ1) is 14.3. The number of methoxy groups -OCH3 is 1. The van der Waals surface area contributed by atoms with Gasteiger partial charge in [-0.3, -0.25) is 4.98 Å². The van der Waals surface area contributed by atoms with Gasteiger partial charge in [-0.15, -0.1) is 0 Å². The predicted octanol–water partition coefficient (Wildman–Crippen LogP) is 3.01. The van der Waals surface area contributed by atoms with Crippen LogP contribution in [0.3, 0.4) is 0 Å². The average molecular weight is 315 g/mol. The zero-order valence-corrected chi connectivity index (χ0v) is 12.6. The highest BCUT2D eigenvalue weighted by Gasteiger charge is 2.22. The molecule has 1 heterocycles. The molecule has 1 aromatic heterocycles. The number of aromatic nitrogens is 1. The van der Waals surface area contributed by atoms with Crippen LogP contribution in [-0.2, 0) is 10.1 Å². The lowest BCUT2D eigenvalue weighted by Gasteiger charge is -2.11. The molecule has 0 bridgehead atoms. The van der Waals surface area contributed by atoms with Gasteiger partial charge in [0.15, 0.2) is 5.75 Å². The Morgan fingerprint density at radius 2 is 1.64 bits per heavy atom. The number of hydrogen-bond donors (Lipinski definition) is 0. The molecule has 0 spiro atoms. The maximum Gasteiger partial charge on any atom is 0.343 e. The fourth-order valence-electron chi connectivity index (χ4n) is 2.13. The van der Waals surface area contributed by atoms with Crippen molar-refractivity contribution in [1.29, 1.82) is 0 Å². The third-order valence-electron chi connectivity index (χ3n) is 3.13. The molecule has 0 aliphatic carbocycles. The average Bonchev–Trinajstić information content (AvgIpc) is 2.55. The molecule has 2 aromatic carbocycles. The van der Waals surface area contributed by atoms with Crippen molar-refractivity contribution in [2.75, 3.05) is 7.11 Å². The van der Waals surface area contributed by atoms with E-state index in [-0.39, 0.29) is 16.4 Å². The monoisotopic (exact) mass is 315 g/mol. The van der Waals surface area contributed by atoms with Crippen LogP contribution in [0.4, 0.5) is 0 Å². The van der Waals surface area contributed by atoms with Crippen molar-refractivity contribution in [1.82, 2.24) is 4.98 Å². The standard InChI is InChI=1S/C16H13NO4S/c1-20-13-8-2-3-10-15(13)22(18,19)21-14-9-4-6-12-7-5-11-17-16(12)14/h2-11H,1H3. The van der Waals surface area contributed by atoms with Gasteiger partial charge in [0, 0.05) is 11.6 Å². The Morgan fingerprint density at radius 3 is 2.45 bits per heavy atom. The van der Waals surface area contributed by atoms with Gasteiger partial charge in [-0.2, -0.15) is 8.42 Å². The van der Waals surface area contributed by atoms with Gasteiger partial charge in [-0.05, 0) is 24.3 Å². The minimum atomic E-state index is -4.01. The van der Waals surface area contributed by atoms with E-state index in [2.05, 4.69) is 4.98 Å². The van der Waals surface area contributed by atoms with E-state index in [0.29, 0.717) is 5.52 Å². The molecule has 0 aliphatic heterocycles. The summed E-state index contributed by atoms with van der Waals surface area (Å²) in [7, 11) is -2.60. The number of nitrogens with zero attached hydrogens (tertiary/aromatic N) is 1. The molecule has 5 nitrogen and oxygen atoms in total. The van der Waals surface area contributed by atoms with E-state index < -0.39 is 10.1 Å². The zero-order valence-electron chi connectivity index (χ0n) is 11.8. The van der Waals surface area contributed by atoms with Crippen molar-refractivity contribution >= 4 is 21.0 Å². The number of fused-ring (bicyclic) bond motifs is 1. The van der Waals surface area contributed by atoms with Crippen molar-refractivity contribution in [3.05, 3.63) is 60.8 Å². The SMILES string of the molecule is COc1ccccc1S(=O)(=O)Oc1cccc2cccnc12. The van der Waals surface area contributed by atoms with Crippen LogP contribution in [-0.4, -0.2) is 20.5 Å². The minimum Gasteiger partial charge on any atom is -0.495 e. The molecule has 0 amide bonds. The molecule has 0 N–H and O–H groups in total. The molecule has 0 saturated heterocycles. The maximum atomic E-state index is 12.5. The zero-order chi connectivity index (χ0) is 15.6. The Kier molecular flexibility index (Phi) is 3.68. The summed E-state index contributed by atoms with van der Waals surface area (Å²) in [4.78, 5) is 4.16. The number of pyridine rings is 1. The van der Waals surface area contributed by atoms with Crippen molar-refractivity contribution in [2.24, 2.45) is 0 Å². The van der Waals surface area contributed by atoms with E-state index in [9.17, 15) is 8.42 Å². The fourth-order valence-corrected chi connectivity index (χ4v) is 3.24. The Labute approximate surface area is 128 Å². The van der Waals surface area contributed by atoms with Gasteiger partial charge in [0.25, 0.3) is 0 Å². The van der Waals surface area contributed by atoms with Crippen LogP contribution in [0.2, 0.25) is 0 Å². The van der Waals surface area contributed by atoms with Crippen molar-refractivity contribution < 1.29 is 17.3 Å². The molecule has 3 rings (SSSR count). The lowest BCUT2D eigenvalue weighted by Crippen LogP contribution is -2.11. The van der Waals surface area contributed by atoms with Crippen molar-refractivity contribution in [3.63, 3.8) is 0 Å². The van der Waals surface area contributed by atoms with E-state index in [1.807, 2.05) is 12.1 Å². The third kappa shape index (κ3) is 2.60. The topological polar surface area (TPSA) is 65.5 Å². The highest BCUT2D eigenvalue weighted by molar-refractivity contribution is 7.87. The summed E-state index contributed by atoms with van der Waals surface area (Å²) in [5.41, 5.74) is 0.489. The van der Waals surface area contributed by atoms with Crippen LogP contribution in [0, 0.1) is 0 Å². The highest BCUT2D eigenvalue weighted by Crippen LogP contribution is 2.29. The fraction of sp³-hybridized carbons (Fsp3) is 0.0625. The molecule has 0 saturated carbocycles. The Morgan fingerprint density at radius 1 is 0.909 bits per heavy atom. The number of benzene rings is 2. The van der Waals surface area contributed by atoms with Crippen molar-refractivity contribution in [3.8, 4) is 11.5 Å². The number of rotatable bonds is 4. The summed E-state index contributed by atoms with van der Waals surface area (Å²) in [6, 6.07) is 15.1. The van der Waals surface area contributed by atoms with Crippen LogP contribution in [0.25, 0.3) is 10.9 Å². The van der Waals surface area contributed by atoms with Crippen LogP contribution >= 0.6 is 0 Å². The molecule has 0 fully saturated rings. The number of hydrogen-bond acceptors (Lipinski definition) is 5. The van der Waals surface area contributed by atoms with Gasteiger partial charge in [-0.25, -0.2) is 0 Å². The first-order chi connectivity index (χ1) is 10.6. The van der Waals surface area contributed by atoms with Crippen molar-refractivity contribution in [2.45, 2.75) is 4.90 Å². The van der Waals surface area contributed by atoms with Gasteiger partial charge in [0.2, 0.25) is 0 Å². The normalized spacial score (nSPS) is 11.3. The molecular weight excluding hydrogens is 302 g/mol. The van der Waals surface area contributed by atoms with Crippen LogP contribution in [0.5, 0.6) is 11.5 Å². The Balaban J connectivity index is 2.07. The van der Waals surface area contributed by atoms with Crippen LogP contribution < -0.4 is 8.92 Å². The quantitative estimate of drug-likeness (QED) is 0.692. The summed E-state index contributed by atoms with van der Waals surface area (Å²) in [5, 5.41) is 0.801. The summed E-state index contributed by atoms with van der Waals surface area (Å²) in [6.45, 7) is 0. The summed E-state index contributed by atoms with van der Waals surface area (Å²) < 4.78 is 35.3. The summed E-state index contributed by atoms with van der Waals surface area (Å²) in [5.74, 6) is 0.416. The molecule has 0 unspecified atom stereocenters. The first-order valence-corrected chi connectivity index (χ1v) is 7.94. The van der Waals surface area contributed by atoms with Crippen LogP contribution in [0.15, 0.2) is 65.7 Å². The second kappa shape index (κ2) is 5.65. The summed E-state index contributed by atoms with van der Waals surface area (Å²) in [6.07, 6.45) is 1.59. The Hall–Kier alpha value is -2.60. The lowest BCUT2D eigenvalue weighted by molar-refractivity contribution is 0.398. The molecule has 3 aromatic rings. The summed E-state index contributed by atoms with van der Waals surface area (Å²) >= 11 is 0. The molecule has 0 atom stereocenters. The van der Waals surface area contributed by atoms with E-state index in [4.69, 9.17) is 8.92 Å². The van der Waals surface area contributed by atoms with Gasteiger partial charge < -0.3 is 8.92 Å². The second-order valence-electron chi connectivity index (χ2n) is 4.52. The van der Waals surface area contributed by atoms with Crippen LogP contribution in [0.1, 0.15) is 0 Å². The number of ether oxygens (including phenoxy) is 1. The molecule has 0 aliphatic rings.